The van der Waals surface area contributed by atoms with Crippen LogP contribution in [-0.4, -0.2) is 50.1 Å². The van der Waals surface area contributed by atoms with Crippen LogP contribution in [0.3, 0.4) is 0 Å². The summed E-state index contributed by atoms with van der Waals surface area (Å²) >= 11 is 0. The van der Waals surface area contributed by atoms with E-state index in [0.29, 0.717) is 0 Å². The zero-order chi connectivity index (χ0) is 19.6. The lowest BCUT2D eigenvalue weighted by molar-refractivity contribution is -0.157. The van der Waals surface area contributed by atoms with Gasteiger partial charge in [0.2, 0.25) is 5.41 Å². The highest BCUT2D eigenvalue weighted by Crippen LogP contribution is 2.30. The molecule has 0 saturated carbocycles. The molecule has 1 aliphatic rings. The summed E-state index contributed by atoms with van der Waals surface area (Å²) < 4.78 is 0. The number of ketones is 1. The number of allylic oxidation sites excluding steroid dienone is 2. The molecule has 0 spiro atoms. The number of benzene rings is 1. The Hall–Kier alpha value is -3.75. The second-order valence-electron chi connectivity index (χ2n) is 5.46. The monoisotopic (exact) mass is 360 g/mol. The zero-order valence-corrected chi connectivity index (χ0v) is 12.9. The number of hydrogen-bond acceptors (Lipinski definition) is 5. The predicted molar refractivity (Wildman–Crippen MR) is 84.2 cm³/mol. The van der Waals surface area contributed by atoms with E-state index in [1.165, 1.54) is 0 Å². The van der Waals surface area contributed by atoms with Gasteiger partial charge in [-0.25, -0.2) is 9.59 Å². The van der Waals surface area contributed by atoms with Crippen LogP contribution in [0.25, 0.3) is 0 Å². The molecule has 0 aromatic heterocycles. The van der Waals surface area contributed by atoms with Gasteiger partial charge in [-0.05, 0) is 12.1 Å². The molecule has 0 heterocycles. The van der Waals surface area contributed by atoms with Crippen LogP contribution in [0.4, 0.5) is 0 Å². The third-order valence-electron chi connectivity index (χ3n) is 3.91. The molecule has 0 atom stereocenters. The van der Waals surface area contributed by atoms with Crippen molar-refractivity contribution < 1.29 is 44.4 Å². The van der Waals surface area contributed by atoms with Crippen molar-refractivity contribution in [2.24, 2.45) is 11.3 Å². The van der Waals surface area contributed by atoms with E-state index in [0.717, 1.165) is 42.5 Å². The van der Waals surface area contributed by atoms with Crippen molar-refractivity contribution in [2.75, 3.05) is 0 Å². The molecule has 9 heteroatoms. The second-order valence-corrected chi connectivity index (χ2v) is 5.46. The van der Waals surface area contributed by atoms with Gasteiger partial charge in [0, 0.05) is 5.56 Å². The summed E-state index contributed by atoms with van der Waals surface area (Å²) in [6, 6.07) is 3.02. The standard InChI is InChI=1S/C17H12O9/c18-12(8-3-5-17(6-4-8,15(23)24)16(25)26)9-1-2-10(13(19)20)11(7-9)14(21)22/h1-8H,(H,19,20)(H,21,22)(H,23,24)(H,25,26). The topological polar surface area (TPSA) is 166 Å². The molecule has 0 fully saturated rings. The van der Waals surface area contributed by atoms with Gasteiger partial charge < -0.3 is 20.4 Å². The lowest BCUT2D eigenvalue weighted by atomic mass is 9.80. The number of Topliss-reactive ketones (excluding diaryl/α,β-unsaturated/α-hetero) is 1. The maximum Gasteiger partial charge on any atom is 0.336 e. The third kappa shape index (κ3) is 3.09. The van der Waals surface area contributed by atoms with Gasteiger partial charge in [0.15, 0.2) is 5.78 Å². The number of rotatable bonds is 6. The van der Waals surface area contributed by atoms with E-state index in [4.69, 9.17) is 20.4 Å². The number of carboxylic acids is 4. The molecule has 134 valence electrons. The van der Waals surface area contributed by atoms with E-state index in [-0.39, 0.29) is 5.56 Å². The quantitative estimate of drug-likeness (QED) is 0.331. The normalized spacial score (nSPS) is 15.4. The van der Waals surface area contributed by atoms with Gasteiger partial charge in [-0.15, -0.1) is 0 Å². The molecule has 1 aliphatic carbocycles. The van der Waals surface area contributed by atoms with E-state index >= 15 is 0 Å². The SMILES string of the molecule is O=C(O)c1ccc(C(=O)C2C=CC(C(=O)O)(C(=O)O)C=C2)cc1C(=O)O. The summed E-state index contributed by atoms with van der Waals surface area (Å²) in [7, 11) is 0. The first kappa shape index (κ1) is 18.6. The van der Waals surface area contributed by atoms with Crippen LogP contribution < -0.4 is 0 Å². The second kappa shape index (κ2) is 6.63. The first-order valence-corrected chi connectivity index (χ1v) is 7.10. The van der Waals surface area contributed by atoms with E-state index in [9.17, 15) is 24.0 Å². The Kier molecular flexibility index (Phi) is 4.74. The Bertz CT molecular complexity index is 861. The van der Waals surface area contributed by atoms with E-state index in [1.807, 2.05) is 0 Å². The van der Waals surface area contributed by atoms with Gasteiger partial charge in [0.25, 0.3) is 0 Å². The smallest absolute Gasteiger partial charge is 0.336 e. The van der Waals surface area contributed by atoms with Gasteiger partial charge in [-0.1, -0.05) is 30.4 Å². The van der Waals surface area contributed by atoms with Crippen LogP contribution in [0, 0.1) is 11.3 Å². The number of hydrogen-bond donors (Lipinski definition) is 4. The first-order chi connectivity index (χ1) is 12.1. The van der Waals surface area contributed by atoms with Crippen LogP contribution in [0.5, 0.6) is 0 Å². The molecule has 1 aromatic rings. The molecule has 26 heavy (non-hydrogen) atoms. The number of aliphatic carboxylic acids is 2. The van der Waals surface area contributed by atoms with E-state index < -0.39 is 52.1 Å². The number of carboxylic acid groups (broad SMARTS) is 4. The number of aromatic carboxylic acids is 2. The summed E-state index contributed by atoms with van der Waals surface area (Å²) in [4.78, 5) is 57.1. The van der Waals surface area contributed by atoms with Crippen LogP contribution in [0.15, 0.2) is 42.5 Å². The molecule has 4 N–H and O–H groups in total. The molecular weight excluding hydrogens is 348 g/mol. The minimum Gasteiger partial charge on any atom is -0.480 e. The maximum atomic E-state index is 12.5. The molecular formula is C17H12O9. The van der Waals surface area contributed by atoms with Crippen LogP contribution in [-0.2, 0) is 9.59 Å². The molecule has 0 radical (unpaired) electrons. The van der Waals surface area contributed by atoms with Crippen molar-refractivity contribution in [2.45, 2.75) is 0 Å². The molecule has 0 amide bonds. The first-order valence-electron chi connectivity index (χ1n) is 7.10. The highest BCUT2D eigenvalue weighted by atomic mass is 16.4. The number of carbonyl (C=O) groups is 5. The minimum absolute atomic E-state index is 0.107. The van der Waals surface area contributed by atoms with Gasteiger partial charge in [0.1, 0.15) is 0 Å². The fourth-order valence-corrected chi connectivity index (χ4v) is 2.44. The largest absolute Gasteiger partial charge is 0.480 e. The Morgan fingerprint density at radius 2 is 1.27 bits per heavy atom. The summed E-state index contributed by atoms with van der Waals surface area (Å²) in [5.74, 6) is -7.89. The summed E-state index contributed by atoms with van der Waals surface area (Å²) in [5, 5.41) is 36.2. The van der Waals surface area contributed by atoms with E-state index in [1.54, 1.807) is 0 Å². The van der Waals surface area contributed by atoms with Crippen molar-refractivity contribution >= 4 is 29.7 Å². The molecule has 1 aromatic carbocycles. The van der Waals surface area contributed by atoms with Crippen LogP contribution in [0.2, 0.25) is 0 Å². The molecule has 0 aliphatic heterocycles. The van der Waals surface area contributed by atoms with Crippen molar-refractivity contribution in [3.63, 3.8) is 0 Å². The van der Waals surface area contributed by atoms with Crippen molar-refractivity contribution in [3.05, 3.63) is 59.2 Å². The minimum atomic E-state index is -2.28. The van der Waals surface area contributed by atoms with Crippen molar-refractivity contribution in [1.29, 1.82) is 0 Å². The third-order valence-corrected chi connectivity index (χ3v) is 3.91. The van der Waals surface area contributed by atoms with E-state index in [2.05, 4.69) is 0 Å². The molecule has 9 nitrogen and oxygen atoms in total. The zero-order valence-electron chi connectivity index (χ0n) is 12.9. The summed E-state index contributed by atoms with van der Waals surface area (Å²) in [6.45, 7) is 0. The molecule has 0 saturated heterocycles. The van der Waals surface area contributed by atoms with Crippen molar-refractivity contribution in [1.82, 2.24) is 0 Å². The Balaban J connectivity index is 2.37. The predicted octanol–water partition coefficient (Wildman–Crippen LogP) is 1.16. The Morgan fingerprint density at radius 3 is 1.69 bits per heavy atom. The highest BCUT2D eigenvalue weighted by Gasteiger charge is 2.44. The molecule has 0 unspecified atom stereocenters. The highest BCUT2D eigenvalue weighted by molar-refractivity contribution is 6.08. The summed E-state index contributed by atoms with van der Waals surface area (Å²) in [5.41, 5.74) is -3.45. The molecule has 0 bridgehead atoms. The van der Waals surface area contributed by atoms with Crippen LogP contribution >= 0.6 is 0 Å². The maximum absolute atomic E-state index is 12.5. The lowest BCUT2D eigenvalue weighted by Gasteiger charge is -2.22. The average Bonchev–Trinajstić information content (AvgIpc) is 2.60. The molecule has 2 rings (SSSR count). The van der Waals surface area contributed by atoms with Gasteiger partial charge in [-0.3, -0.25) is 14.4 Å². The van der Waals surface area contributed by atoms with Crippen LogP contribution in [0.1, 0.15) is 31.1 Å². The van der Waals surface area contributed by atoms with Gasteiger partial charge in [-0.2, -0.15) is 0 Å². The number of carbonyl (C=O) groups excluding carboxylic acids is 1. The fraction of sp³-hybridized carbons (Fsp3) is 0.118. The lowest BCUT2D eigenvalue weighted by Crippen LogP contribution is -2.37. The summed E-state index contributed by atoms with van der Waals surface area (Å²) in [6.07, 6.45) is 3.92. The van der Waals surface area contributed by atoms with Crippen molar-refractivity contribution in [3.8, 4) is 0 Å². The van der Waals surface area contributed by atoms with Gasteiger partial charge in [0.05, 0.1) is 17.0 Å². The van der Waals surface area contributed by atoms with Gasteiger partial charge >= 0.3 is 23.9 Å². The average molecular weight is 360 g/mol. The Morgan fingerprint density at radius 1 is 0.769 bits per heavy atom. The Labute approximate surface area is 145 Å². The fourth-order valence-electron chi connectivity index (χ4n) is 2.44.